The third-order valence-electron chi connectivity index (χ3n) is 2.52. The number of fused-ring (bicyclic) bond motifs is 1. The molecule has 0 radical (unpaired) electrons. The van der Waals surface area contributed by atoms with Crippen LogP contribution in [0.4, 0.5) is 5.69 Å². The Bertz CT molecular complexity index is 544. The summed E-state index contributed by atoms with van der Waals surface area (Å²) in [6.07, 6.45) is 0.737. The van der Waals surface area contributed by atoms with Gasteiger partial charge in [0.05, 0.1) is 11.2 Å². The summed E-state index contributed by atoms with van der Waals surface area (Å²) < 4.78 is 1.81. The molecule has 0 atom stereocenters. The average molecular weight is 218 g/mol. The molecule has 2 rings (SSSR count). The minimum Gasteiger partial charge on any atom is -0.397 e. The van der Waals surface area contributed by atoms with Crippen molar-refractivity contribution >= 4 is 22.6 Å². The molecule has 1 amide bonds. The minimum atomic E-state index is -0.378. The van der Waals surface area contributed by atoms with Crippen molar-refractivity contribution in [3.05, 3.63) is 24.0 Å². The van der Waals surface area contributed by atoms with Crippen LogP contribution in [0.1, 0.15) is 12.7 Å². The van der Waals surface area contributed by atoms with Crippen LogP contribution in [-0.4, -0.2) is 15.5 Å². The summed E-state index contributed by atoms with van der Waals surface area (Å²) in [4.78, 5) is 15.4. The molecule has 1 aromatic heterocycles. The van der Waals surface area contributed by atoms with Crippen LogP contribution < -0.4 is 11.5 Å². The van der Waals surface area contributed by atoms with E-state index in [0.717, 1.165) is 23.3 Å². The lowest BCUT2D eigenvalue weighted by Crippen LogP contribution is -2.19. The molecule has 1 aromatic carbocycles. The third kappa shape index (κ3) is 1.60. The van der Waals surface area contributed by atoms with Crippen molar-refractivity contribution in [3.63, 3.8) is 0 Å². The number of aromatic nitrogens is 2. The number of nitrogens with zero attached hydrogens (tertiary/aromatic N) is 2. The molecule has 5 heteroatoms. The lowest BCUT2D eigenvalue weighted by atomic mass is 10.3. The smallest absolute Gasteiger partial charge is 0.237 e. The van der Waals surface area contributed by atoms with E-state index >= 15 is 0 Å². The average Bonchev–Trinajstić information content (AvgIpc) is 2.58. The molecule has 84 valence electrons. The van der Waals surface area contributed by atoms with E-state index in [1.807, 2.05) is 23.6 Å². The fourth-order valence-corrected chi connectivity index (χ4v) is 1.82. The summed E-state index contributed by atoms with van der Waals surface area (Å²) in [7, 11) is 0. The Kier molecular flexibility index (Phi) is 2.52. The van der Waals surface area contributed by atoms with E-state index in [1.54, 1.807) is 6.07 Å². The quantitative estimate of drug-likeness (QED) is 0.742. The van der Waals surface area contributed by atoms with Crippen LogP contribution in [0.25, 0.3) is 11.0 Å². The molecule has 0 aliphatic carbocycles. The van der Waals surface area contributed by atoms with Gasteiger partial charge in [0.25, 0.3) is 0 Å². The highest BCUT2D eigenvalue weighted by atomic mass is 16.1. The molecule has 2 aromatic rings. The van der Waals surface area contributed by atoms with Crippen molar-refractivity contribution in [1.29, 1.82) is 0 Å². The molecule has 0 fully saturated rings. The first-order chi connectivity index (χ1) is 7.63. The maximum absolute atomic E-state index is 11.0. The zero-order valence-corrected chi connectivity index (χ0v) is 9.10. The number of imidazole rings is 1. The molecular formula is C11H14N4O. The van der Waals surface area contributed by atoms with Crippen LogP contribution in [0.5, 0.6) is 0 Å². The first kappa shape index (κ1) is 10.5. The predicted octanol–water partition coefficient (Wildman–Crippen LogP) is 0.666. The monoisotopic (exact) mass is 218 g/mol. The first-order valence-corrected chi connectivity index (χ1v) is 5.15. The fraction of sp³-hybridized carbons (Fsp3) is 0.273. The normalized spacial score (nSPS) is 10.8. The van der Waals surface area contributed by atoms with Crippen molar-refractivity contribution < 1.29 is 4.79 Å². The topological polar surface area (TPSA) is 86.9 Å². The van der Waals surface area contributed by atoms with Gasteiger partial charge in [-0.05, 0) is 12.1 Å². The Balaban J connectivity index is 2.68. The van der Waals surface area contributed by atoms with Gasteiger partial charge in [-0.3, -0.25) is 4.79 Å². The van der Waals surface area contributed by atoms with E-state index in [2.05, 4.69) is 4.98 Å². The zero-order chi connectivity index (χ0) is 11.7. The second kappa shape index (κ2) is 3.84. The van der Waals surface area contributed by atoms with Gasteiger partial charge < -0.3 is 16.0 Å². The van der Waals surface area contributed by atoms with E-state index in [0.29, 0.717) is 5.69 Å². The summed E-state index contributed by atoms with van der Waals surface area (Å²) in [6.45, 7) is 2.12. The summed E-state index contributed by atoms with van der Waals surface area (Å²) in [5.74, 6) is 0.447. The molecule has 0 saturated carbocycles. The van der Waals surface area contributed by atoms with Crippen LogP contribution in [-0.2, 0) is 17.8 Å². The molecule has 0 aliphatic heterocycles. The second-order valence-corrected chi connectivity index (χ2v) is 3.65. The SMILES string of the molecule is CCc1nc2c(N)cccc2n1CC(N)=O. The lowest BCUT2D eigenvalue weighted by molar-refractivity contribution is -0.118. The van der Waals surface area contributed by atoms with Crippen LogP contribution >= 0.6 is 0 Å². The third-order valence-corrected chi connectivity index (χ3v) is 2.52. The van der Waals surface area contributed by atoms with Crippen LogP contribution in [0.2, 0.25) is 0 Å². The first-order valence-electron chi connectivity index (χ1n) is 5.15. The van der Waals surface area contributed by atoms with E-state index < -0.39 is 0 Å². The molecule has 5 nitrogen and oxygen atoms in total. The standard InChI is InChI=1S/C11H14N4O/c1-2-10-14-11-7(12)4-3-5-8(11)15(10)6-9(13)16/h3-5H,2,6,12H2,1H3,(H2,13,16). The number of aryl methyl sites for hydroxylation is 1. The van der Waals surface area contributed by atoms with Gasteiger partial charge in [-0.2, -0.15) is 0 Å². The lowest BCUT2D eigenvalue weighted by Gasteiger charge is -2.04. The van der Waals surface area contributed by atoms with Crippen molar-refractivity contribution in [2.75, 3.05) is 5.73 Å². The Morgan fingerprint density at radius 2 is 2.25 bits per heavy atom. The molecule has 0 bridgehead atoms. The number of amides is 1. The van der Waals surface area contributed by atoms with Crippen molar-refractivity contribution in [3.8, 4) is 0 Å². The number of hydrogen-bond acceptors (Lipinski definition) is 3. The number of carbonyl (C=O) groups excluding carboxylic acids is 1. The zero-order valence-electron chi connectivity index (χ0n) is 9.10. The number of primary amides is 1. The number of rotatable bonds is 3. The number of para-hydroxylation sites is 1. The van der Waals surface area contributed by atoms with Gasteiger partial charge in [-0.25, -0.2) is 4.98 Å². The highest BCUT2D eigenvalue weighted by Gasteiger charge is 2.12. The predicted molar refractivity (Wildman–Crippen MR) is 62.7 cm³/mol. The van der Waals surface area contributed by atoms with E-state index in [1.165, 1.54) is 0 Å². The Morgan fingerprint density at radius 1 is 1.50 bits per heavy atom. The summed E-state index contributed by atoms with van der Waals surface area (Å²) in [5, 5.41) is 0. The Labute approximate surface area is 93.1 Å². The molecule has 0 spiro atoms. The molecule has 0 unspecified atom stereocenters. The largest absolute Gasteiger partial charge is 0.397 e. The molecular weight excluding hydrogens is 204 g/mol. The molecule has 4 N–H and O–H groups in total. The minimum absolute atomic E-state index is 0.142. The van der Waals surface area contributed by atoms with E-state index in [-0.39, 0.29) is 12.5 Å². The van der Waals surface area contributed by atoms with E-state index in [9.17, 15) is 4.79 Å². The number of nitrogens with two attached hydrogens (primary N) is 2. The Morgan fingerprint density at radius 3 is 2.88 bits per heavy atom. The van der Waals surface area contributed by atoms with Crippen molar-refractivity contribution in [1.82, 2.24) is 9.55 Å². The maximum atomic E-state index is 11.0. The van der Waals surface area contributed by atoms with Gasteiger partial charge in [0.1, 0.15) is 17.9 Å². The van der Waals surface area contributed by atoms with Crippen molar-refractivity contribution in [2.45, 2.75) is 19.9 Å². The fourth-order valence-electron chi connectivity index (χ4n) is 1.82. The van der Waals surface area contributed by atoms with Crippen LogP contribution in [0.3, 0.4) is 0 Å². The Hall–Kier alpha value is -2.04. The number of carbonyl (C=O) groups is 1. The molecule has 16 heavy (non-hydrogen) atoms. The summed E-state index contributed by atoms with van der Waals surface area (Å²) in [5.41, 5.74) is 13.3. The van der Waals surface area contributed by atoms with Crippen LogP contribution in [0.15, 0.2) is 18.2 Å². The summed E-state index contributed by atoms with van der Waals surface area (Å²) >= 11 is 0. The highest BCUT2D eigenvalue weighted by Crippen LogP contribution is 2.21. The van der Waals surface area contributed by atoms with E-state index in [4.69, 9.17) is 11.5 Å². The highest BCUT2D eigenvalue weighted by molar-refractivity contribution is 5.88. The molecule has 0 aliphatic rings. The maximum Gasteiger partial charge on any atom is 0.237 e. The van der Waals surface area contributed by atoms with Crippen molar-refractivity contribution in [2.24, 2.45) is 5.73 Å². The number of anilines is 1. The van der Waals surface area contributed by atoms with Gasteiger partial charge in [-0.1, -0.05) is 13.0 Å². The van der Waals surface area contributed by atoms with Gasteiger partial charge in [-0.15, -0.1) is 0 Å². The summed E-state index contributed by atoms with van der Waals surface area (Å²) in [6, 6.07) is 5.53. The van der Waals surface area contributed by atoms with Gasteiger partial charge >= 0.3 is 0 Å². The number of benzene rings is 1. The molecule has 0 saturated heterocycles. The van der Waals surface area contributed by atoms with Crippen LogP contribution in [0, 0.1) is 0 Å². The number of hydrogen-bond donors (Lipinski definition) is 2. The molecule has 1 heterocycles. The second-order valence-electron chi connectivity index (χ2n) is 3.65. The number of nitrogen functional groups attached to an aromatic ring is 1. The van der Waals surface area contributed by atoms with Gasteiger partial charge in [0, 0.05) is 6.42 Å². The van der Waals surface area contributed by atoms with Gasteiger partial charge in [0.15, 0.2) is 0 Å². The van der Waals surface area contributed by atoms with Gasteiger partial charge in [0.2, 0.25) is 5.91 Å².